The minimum Gasteiger partial charge on any atom is -0.383 e. The summed E-state index contributed by atoms with van der Waals surface area (Å²) >= 11 is 7.17. The molecule has 1 aliphatic heterocycles. The molecule has 1 aliphatic rings. The van der Waals surface area contributed by atoms with E-state index in [1.54, 1.807) is 0 Å². The number of nitrogens with one attached hydrogen (secondary N) is 2. The number of anilines is 1. The van der Waals surface area contributed by atoms with Gasteiger partial charge in [-0.1, -0.05) is 17.7 Å². The van der Waals surface area contributed by atoms with E-state index in [-0.39, 0.29) is 30.3 Å². The van der Waals surface area contributed by atoms with Crippen molar-refractivity contribution in [1.29, 1.82) is 0 Å². The van der Waals surface area contributed by atoms with Gasteiger partial charge in [0.2, 0.25) is 5.91 Å². The van der Waals surface area contributed by atoms with E-state index in [0.717, 1.165) is 15.2 Å². The van der Waals surface area contributed by atoms with Crippen LogP contribution in [-0.4, -0.2) is 44.9 Å². The van der Waals surface area contributed by atoms with Crippen molar-refractivity contribution in [1.82, 2.24) is 9.03 Å². The van der Waals surface area contributed by atoms with E-state index in [4.69, 9.17) is 16.3 Å². The van der Waals surface area contributed by atoms with Gasteiger partial charge in [-0.15, -0.1) is 11.3 Å². The van der Waals surface area contributed by atoms with Gasteiger partial charge in [0.15, 0.2) is 0 Å². The van der Waals surface area contributed by atoms with Crippen molar-refractivity contribution in [2.45, 2.75) is 18.5 Å². The Morgan fingerprint density at radius 2 is 2.25 bits per heavy atom. The Morgan fingerprint density at radius 3 is 2.89 bits per heavy atom. The average molecular weight is 448 g/mol. The summed E-state index contributed by atoms with van der Waals surface area (Å²) in [6.07, 6.45) is 0.240. The third-order valence-corrected chi connectivity index (χ3v) is 7.21. The van der Waals surface area contributed by atoms with E-state index in [1.807, 2.05) is 17.5 Å². The fraction of sp³-hybridized carbons (Fsp3) is 0.353. The van der Waals surface area contributed by atoms with E-state index in [2.05, 4.69) is 10.0 Å². The standard InChI is InChI=1S/C17H19ClFN3O4S2/c1-26-7-6-22-15(17(23)20-11-4-5-13(19)12(18)9-11)10-14(21-28(22,24)25)16-3-2-8-27-16/h2-5,8-9,14-15,21H,6-7,10H2,1H3,(H,20,23). The minimum absolute atomic E-state index is 0.0191. The largest absolute Gasteiger partial charge is 0.383 e. The van der Waals surface area contributed by atoms with Crippen molar-refractivity contribution < 1.29 is 22.3 Å². The summed E-state index contributed by atoms with van der Waals surface area (Å²) in [6.45, 7) is 0.155. The number of thiophene rings is 1. The van der Waals surface area contributed by atoms with Crippen molar-refractivity contribution in [2.24, 2.45) is 0 Å². The summed E-state index contributed by atoms with van der Waals surface area (Å²) in [5, 5.41) is 4.34. The number of methoxy groups -OCH3 is 1. The molecule has 0 spiro atoms. The summed E-state index contributed by atoms with van der Waals surface area (Å²) in [4.78, 5) is 13.7. The highest BCUT2D eigenvalue weighted by Crippen LogP contribution is 2.31. The van der Waals surface area contributed by atoms with E-state index in [0.29, 0.717) is 0 Å². The second-order valence-corrected chi connectivity index (χ2v) is 9.21. The van der Waals surface area contributed by atoms with Crippen LogP contribution < -0.4 is 10.0 Å². The van der Waals surface area contributed by atoms with Gasteiger partial charge in [-0.2, -0.15) is 17.4 Å². The third kappa shape index (κ3) is 4.70. The normalized spacial score (nSPS) is 22.1. The van der Waals surface area contributed by atoms with Crippen LogP contribution in [0.3, 0.4) is 0 Å². The van der Waals surface area contributed by atoms with Crippen molar-refractivity contribution in [3.8, 4) is 0 Å². The van der Waals surface area contributed by atoms with Crippen LogP contribution in [0.15, 0.2) is 35.7 Å². The first-order valence-electron chi connectivity index (χ1n) is 8.39. The first-order valence-corrected chi connectivity index (χ1v) is 11.1. The SMILES string of the molecule is COCCN1C(C(=O)Nc2ccc(F)c(Cl)c2)CC(c2cccs2)NS1(=O)=O. The van der Waals surface area contributed by atoms with Crippen LogP contribution in [0.25, 0.3) is 0 Å². The van der Waals surface area contributed by atoms with Gasteiger partial charge < -0.3 is 10.1 Å². The average Bonchev–Trinajstić information content (AvgIpc) is 3.17. The molecule has 0 aliphatic carbocycles. The lowest BCUT2D eigenvalue weighted by atomic mass is 10.0. The quantitative estimate of drug-likeness (QED) is 0.712. The maximum atomic E-state index is 13.3. The van der Waals surface area contributed by atoms with E-state index in [9.17, 15) is 17.6 Å². The van der Waals surface area contributed by atoms with Gasteiger partial charge >= 0.3 is 0 Å². The molecule has 2 heterocycles. The molecule has 0 saturated carbocycles. The Bertz CT molecular complexity index is 940. The lowest BCUT2D eigenvalue weighted by Crippen LogP contribution is -2.58. The van der Waals surface area contributed by atoms with Crippen LogP contribution >= 0.6 is 22.9 Å². The summed E-state index contributed by atoms with van der Waals surface area (Å²) in [6, 6.07) is 5.94. The molecule has 7 nitrogen and oxygen atoms in total. The van der Waals surface area contributed by atoms with Gasteiger partial charge in [-0.25, -0.2) is 4.39 Å². The summed E-state index contributed by atoms with van der Waals surface area (Å²) in [5.41, 5.74) is 0.284. The van der Waals surface area contributed by atoms with Gasteiger partial charge in [-0.3, -0.25) is 4.79 Å². The van der Waals surface area contributed by atoms with Gasteiger partial charge in [-0.05, 0) is 36.1 Å². The molecular formula is C17H19ClFN3O4S2. The first kappa shape index (κ1) is 21.2. The lowest BCUT2D eigenvalue weighted by Gasteiger charge is -2.37. The zero-order chi connectivity index (χ0) is 20.3. The molecule has 2 unspecified atom stereocenters. The van der Waals surface area contributed by atoms with Gasteiger partial charge in [0.25, 0.3) is 10.2 Å². The molecule has 152 valence electrons. The van der Waals surface area contributed by atoms with Crippen LogP contribution in [-0.2, 0) is 19.7 Å². The topological polar surface area (TPSA) is 87.7 Å². The monoisotopic (exact) mass is 447 g/mol. The Morgan fingerprint density at radius 1 is 1.46 bits per heavy atom. The Labute approximate surface area is 171 Å². The third-order valence-electron chi connectivity index (χ3n) is 4.30. The van der Waals surface area contributed by atoms with Crippen LogP contribution in [0.4, 0.5) is 10.1 Å². The molecular weight excluding hydrogens is 429 g/mol. The predicted molar refractivity (Wildman–Crippen MR) is 106 cm³/mol. The summed E-state index contributed by atoms with van der Waals surface area (Å²) < 4.78 is 47.6. The van der Waals surface area contributed by atoms with Gasteiger partial charge in [0, 0.05) is 24.2 Å². The summed E-state index contributed by atoms with van der Waals surface area (Å²) in [5.74, 6) is -1.13. The van der Waals surface area contributed by atoms with E-state index in [1.165, 1.54) is 30.6 Å². The maximum absolute atomic E-state index is 13.3. The molecule has 2 N–H and O–H groups in total. The lowest BCUT2D eigenvalue weighted by molar-refractivity contribution is -0.120. The molecule has 1 saturated heterocycles. The number of rotatable bonds is 6. The smallest absolute Gasteiger partial charge is 0.280 e. The molecule has 3 rings (SSSR count). The van der Waals surface area contributed by atoms with Crippen LogP contribution in [0, 0.1) is 5.82 Å². The van der Waals surface area contributed by atoms with E-state index >= 15 is 0 Å². The second-order valence-electron chi connectivity index (χ2n) is 6.16. The highest BCUT2D eigenvalue weighted by molar-refractivity contribution is 7.87. The zero-order valence-corrected chi connectivity index (χ0v) is 17.3. The van der Waals surface area contributed by atoms with Gasteiger partial charge in [0.05, 0.1) is 17.7 Å². The molecule has 11 heteroatoms. The number of amides is 1. The number of nitrogens with zero attached hydrogens (tertiary/aromatic N) is 1. The van der Waals surface area contributed by atoms with Crippen LogP contribution in [0.5, 0.6) is 0 Å². The molecule has 0 bridgehead atoms. The number of hydrogen-bond donors (Lipinski definition) is 2. The second kappa shape index (κ2) is 8.85. The molecule has 1 fully saturated rings. The molecule has 2 atom stereocenters. The van der Waals surface area contributed by atoms with Crippen molar-refractivity contribution >= 4 is 44.7 Å². The van der Waals surface area contributed by atoms with Gasteiger partial charge in [0.1, 0.15) is 11.9 Å². The number of ether oxygens (including phenoxy) is 1. The number of carbonyl (C=O) groups excluding carboxylic acids is 1. The molecule has 28 heavy (non-hydrogen) atoms. The molecule has 1 aromatic heterocycles. The zero-order valence-electron chi connectivity index (χ0n) is 14.9. The molecule has 1 amide bonds. The Balaban J connectivity index is 1.87. The number of hydrogen-bond acceptors (Lipinski definition) is 5. The van der Waals surface area contributed by atoms with Crippen LogP contribution in [0.2, 0.25) is 5.02 Å². The minimum atomic E-state index is -3.91. The highest BCUT2D eigenvalue weighted by atomic mass is 35.5. The number of halogens is 2. The highest BCUT2D eigenvalue weighted by Gasteiger charge is 2.43. The molecule has 2 aromatic rings. The van der Waals surface area contributed by atoms with Crippen molar-refractivity contribution in [3.05, 3.63) is 51.4 Å². The van der Waals surface area contributed by atoms with Crippen molar-refractivity contribution in [3.63, 3.8) is 0 Å². The maximum Gasteiger partial charge on any atom is 0.280 e. The summed E-state index contributed by atoms with van der Waals surface area (Å²) in [7, 11) is -2.46. The Hall–Kier alpha value is -1.56. The predicted octanol–water partition coefficient (Wildman–Crippen LogP) is 2.78. The fourth-order valence-corrected chi connectivity index (χ4v) is 5.56. The first-order chi connectivity index (χ1) is 13.3. The van der Waals surface area contributed by atoms with Crippen molar-refractivity contribution in [2.75, 3.05) is 25.6 Å². The number of carbonyl (C=O) groups is 1. The Kier molecular flexibility index (Phi) is 6.69. The van der Waals surface area contributed by atoms with E-state index < -0.39 is 34.0 Å². The molecule has 1 aromatic carbocycles. The fourth-order valence-electron chi connectivity index (χ4n) is 2.96. The number of benzene rings is 1. The van der Waals surface area contributed by atoms with Crippen LogP contribution in [0.1, 0.15) is 17.3 Å². The molecule has 0 radical (unpaired) electrons.